The minimum atomic E-state index is -0.938. The zero-order valence-corrected chi connectivity index (χ0v) is 16.2. The number of nitrogens with one attached hydrogen (secondary N) is 1. The quantitative estimate of drug-likeness (QED) is 0.685. The van der Waals surface area contributed by atoms with Crippen molar-refractivity contribution in [3.05, 3.63) is 82.5 Å². The highest BCUT2D eigenvalue weighted by Crippen LogP contribution is 2.39. The van der Waals surface area contributed by atoms with Gasteiger partial charge in [0.05, 0.1) is 11.6 Å². The number of halogens is 1. The summed E-state index contributed by atoms with van der Waals surface area (Å²) in [7, 11) is 0. The van der Waals surface area contributed by atoms with Crippen molar-refractivity contribution in [1.29, 1.82) is 0 Å². The molecule has 0 bridgehead atoms. The van der Waals surface area contributed by atoms with Gasteiger partial charge in [-0.2, -0.15) is 0 Å². The van der Waals surface area contributed by atoms with E-state index in [0.29, 0.717) is 6.42 Å². The van der Waals surface area contributed by atoms with Crippen molar-refractivity contribution in [3.8, 4) is 0 Å². The van der Waals surface area contributed by atoms with Gasteiger partial charge in [0, 0.05) is 28.7 Å². The highest BCUT2D eigenvalue weighted by atomic mass is 19.1. The number of amides is 1. The van der Waals surface area contributed by atoms with Crippen LogP contribution in [-0.2, 0) is 16.0 Å². The third-order valence-electron chi connectivity index (χ3n) is 5.51. The molecule has 2 N–H and O–H groups in total. The average Bonchev–Trinajstić information content (AvgIpc) is 3.14. The number of aliphatic hydroxyl groups excluding tert-OH is 1. The molecule has 4 rings (SSSR count). The summed E-state index contributed by atoms with van der Waals surface area (Å²) in [5.41, 5.74) is 3.19. The van der Waals surface area contributed by atoms with Gasteiger partial charge < -0.3 is 15.0 Å². The molecule has 0 saturated heterocycles. The second-order valence-corrected chi connectivity index (χ2v) is 7.27. The van der Waals surface area contributed by atoms with Gasteiger partial charge in [-0.05, 0) is 38.0 Å². The van der Waals surface area contributed by atoms with Crippen molar-refractivity contribution in [1.82, 2.24) is 9.88 Å². The van der Waals surface area contributed by atoms with Gasteiger partial charge in [-0.15, -0.1) is 0 Å². The van der Waals surface area contributed by atoms with E-state index in [4.69, 9.17) is 0 Å². The predicted molar refractivity (Wildman–Crippen MR) is 108 cm³/mol. The van der Waals surface area contributed by atoms with Crippen LogP contribution in [0, 0.1) is 12.7 Å². The SMILES string of the molecule is CC(=O)C1=C(O)C(=O)N(CCc2c(C)[nH]c3ccccc23)[C@H]1c1ccccc1F. The number of aliphatic hydroxyl groups is 1. The van der Waals surface area contributed by atoms with Gasteiger partial charge in [0.25, 0.3) is 5.91 Å². The predicted octanol–water partition coefficient (Wildman–Crippen LogP) is 4.14. The summed E-state index contributed by atoms with van der Waals surface area (Å²) in [6.45, 7) is 3.48. The maximum Gasteiger partial charge on any atom is 0.290 e. The van der Waals surface area contributed by atoms with Crippen LogP contribution >= 0.6 is 0 Å². The van der Waals surface area contributed by atoms with Gasteiger partial charge in [-0.3, -0.25) is 9.59 Å². The lowest BCUT2D eigenvalue weighted by molar-refractivity contribution is -0.129. The monoisotopic (exact) mass is 392 g/mol. The molecule has 0 saturated carbocycles. The molecule has 2 aromatic carbocycles. The number of aromatic nitrogens is 1. The number of ketones is 1. The molecule has 1 aromatic heterocycles. The van der Waals surface area contributed by atoms with Crippen LogP contribution in [0.1, 0.15) is 29.8 Å². The highest BCUT2D eigenvalue weighted by molar-refractivity contribution is 6.08. The fourth-order valence-electron chi connectivity index (χ4n) is 4.15. The van der Waals surface area contributed by atoms with Crippen LogP contribution in [0.4, 0.5) is 4.39 Å². The Morgan fingerprint density at radius 3 is 2.59 bits per heavy atom. The van der Waals surface area contributed by atoms with Crippen molar-refractivity contribution < 1.29 is 19.1 Å². The number of aromatic amines is 1. The van der Waals surface area contributed by atoms with Gasteiger partial charge >= 0.3 is 0 Å². The van der Waals surface area contributed by atoms with E-state index in [1.165, 1.54) is 17.9 Å². The summed E-state index contributed by atoms with van der Waals surface area (Å²) in [4.78, 5) is 29.6. The van der Waals surface area contributed by atoms with Crippen molar-refractivity contribution >= 4 is 22.6 Å². The Hall–Kier alpha value is -3.41. The topological polar surface area (TPSA) is 73.4 Å². The van der Waals surface area contributed by atoms with E-state index in [-0.39, 0.29) is 17.7 Å². The normalized spacial score (nSPS) is 16.9. The number of rotatable bonds is 5. The second kappa shape index (κ2) is 7.20. The van der Waals surface area contributed by atoms with E-state index in [9.17, 15) is 19.1 Å². The molecule has 29 heavy (non-hydrogen) atoms. The Kier molecular flexibility index (Phi) is 4.70. The zero-order chi connectivity index (χ0) is 20.7. The molecule has 0 radical (unpaired) electrons. The standard InChI is InChI=1S/C23H21FN2O3/c1-13-15(16-7-4-6-10-19(16)25-13)11-12-26-21(17-8-3-5-9-18(17)24)20(14(2)27)22(28)23(26)29/h3-10,21,25,28H,11-12H2,1-2H3/t21-/m0/s1. The minimum Gasteiger partial charge on any atom is -0.503 e. The third kappa shape index (κ3) is 3.10. The van der Waals surface area contributed by atoms with Crippen LogP contribution in [0.15, 0.2) is 59.9 Å². The summed E-state index contributed by atoms with van der Waals surface area (Å²) in [5, 5.41) is 11.4. The average molecular weight is 392 g/mol. The number of nitrogens with zero attached hydrogens (tertiary/aromatic N) is 1. The van der Waals surface area contributed by atoms with E-state index in [0.717, 1.165) is 22.2 Å². The van der Waals surface area contributed by atoms with Gasteiger partial charge in [0.2, 0.25) is 0 Å². The molecular formula is C23H21FN2O3. The molecule has 1 amide bonds. The molecule has 6 heteroatoms. The first-order valence-corrected chi connectivity index (χ1v) is 9.45. The molecule has 1 aliphatic rings. The van der Waals surface area contributed by atoms with Crippen molar-refractivity contribution in [2.45, 2.75) is 26.3 Å². The number of aryl methyl sites for hydroxylation is 1. The molecule has 3 aromatic rings. The largest absolute Gasteiger partial charge is 0.503 e. The maximum atomic E-state index is 14.5. The smallest absolute Gasteiger partial charge is 0.290 e. The molecule has 2 heterocycles. The molecule has 148 valence electrons. The molecule has 0 aliphatic carbocycles. The lowest BCUT2D eigenvalue weighted by atomic mass is 9.96. The highest BCUT2D eigenvalue weighted by Gasteiger charge is 2.43. The van der Waals surface area contributed by atoms with Crippen LogP contribution < -0.4 is 0 Å². The first kappa shape index (κ1) is 18.9. The van der Waals surface area contributed by atoms with Gasteiger partial charge in [-0.1, -0.05) is 36.4 Å². The molecule has 5 nitrogen and oxygen atoms in total. The number of hydrogen-bond acceptors (Lipinski definition) is 3. The Labute approximate surface area is 167 Å². The molecule has 0 fully saturated rings. The Bertz CT molecular complexity index is 1160. The minimum absolute atomic E-state index is 0.0595. The Morgan fingerprint density at radius 1 is 1.17 bits per heavy atom. The van der Waals surface area contributed by atoms with E-state index in [2.05, 4.69) is 4.98 Å². The van der Waals surface area contributed by atoms with Crippen LogP contribution in [0.3, 0.4) is 0 Å². The summed E-state index contributed by atoms with van der Waals surface area (Å²) >= 11 is 0. The fraction of sp³-hybridized carbons (Fsp3) is 0.217. The lowest BCUT2D eigenvalue weighted by Gasteiger charge is -2.27. The van der Waals surface area contributed by atoms with E-state index >= 15 is 0 Å². The van der Waals surface area contributed by atoms with Crippen LogP contribution in [0.2, 0.25) is 0 Å². The number of fused-ring (bicyclic) bond motifs is 1. The zero-order valence-electron chi connectivity index (χ0n) is 16.2. The number of hydrogen-bond donors (Lipinski definition) is 2. The first-order chi connectivity index (χ1) is 13.9. The molecule has 1 aliphatic heterocycles. The number of Topliss-reactive ketones (excluding diaryl/α,β-unsaturated/α-hetero) is 1. The lowest BCUT2D eigenvalue weighted by Crippen LogP contribution is -2.33. The number of H-pyrrole nitrogens is 1. The molecule has 0 spiro atoms. The molecule has 0 unspecified atom stereocenters. The van der Waals surface area contributed by atoms with E-state index in [1.807, 2.05) is 31.2 Å². The van der Waals surface area contributed by atoms with Gasteiger partial charge in [-0.25, -0.2) is 4.39 Å². The first-order valence-electron chi connectivity index (χ1n) is 9.45. The Morgan fingerprint density at radius 2 is 1.86 bits per heavy atom. The number of para-hydroxylation sites is 1. The van der Waals surface area contributed by atoms with Crippen LogP contribution in [-0.4, -0.2) is 33.2 Å². The maximum absolute atomic E-state index is 14.5. The number of carbonyl (C=O) groups is 2. The van der Waals surface area contributed by atoms with E-state index < -0.39 is 29.3 Å². The summed E-state index contributed by atoms with van der Waals surface area (Å²) in [6.07, 6.45) is 0.505. The fourth-order valence-corrected chi connectivity index (χ4v) is 4.15. The van der Waals surface area contributed by atoms with Crippen molar-refractivity contribution in [2.75, 3.05) is 6.54 Å². The number of carbonyl (C=O) groups excluding carboxylic acids is 2. The van der Waals surface area contributed by atoms with Crippen molar-refractivity contribution in [2.24, 2.45) is 0 Å². The number of benzene rings is 2. The Balaban J connectivity index is 1.72. The molecular weight excluding hydrogens is 371 g/mol. The van der Waals surface area contributed by atoms with Gasteiger partial charge in [0.15, 0.2) is 11.5 Å². The molecule has 1 atom stereocenters. The summed E-state index contributed by atoms with van der Waals surface area (Å²) in [6, 6.07) is 13.0. The summed E-state index contributed by atoms with van der Waals surface area (Å²) < 4.78 is 14.5. The second-order valence-electron chi connectivity index (χ2n) is 7.27. The summed E-state index contributed by atoms with van der Waals surface area (Å²) in [5.74, 6) is -2.22. The van der Waals surface area contributed by atoms with Gasteiger partial charge in [0.1, 0.15) is 5.82 Å². The van der Waals surface area contributed by atoms with Crippen LogP contribution in [0.25, 0.3) is 10.9 Å². The van der Waals surface area contributed by atoms with E-state index in [1.54, 1.807) is 18.2 Å². The van der Waals surface area contributed by atoms with Crippen LogP contribution in [0.5, 0.6) is 0 Å². The third-order valence-corrected chi connectivity index (χ3v) is 5.51. The van der Waals surface area contributed by atoms with Crippen molar-refractivity contribution in [3.63, 3.8) is 0 Å².